The minimum atomic E-state index is -0.884. The number of H-pyrrole nitrogens is 1. The number of hydrogen-bond acceptors (Lipinski definition) is 3. The van der Waals surface area contributed by atoms with Crippen LogP contribution in [0, 0.1) is 5.82 Å². The molecule has 2 aromatic carbocycles. The fourth-order valence-electron chi connectivity index (χ4n) is 3.60. The van der Waals surface area contributed by atoms with Crippen molar-refractivity contribution in [2.24, 2.45) is 0 Å². The van der Waals surface area contributed by atoms with Gasteiger partial charge in [0.25, 0.3) is 11.5 Å². The topological polar surface area (TPSA) is 82.3 Å². The molecule has 29 heavy (non-hydrogen) atoms. The average Bonchev–Trinajstić information content (AvgIpc) is 3.26. The number of fused-ring (bicyclic) bond motifs is 1. The summed E-state index contributed by atoms with van der Waals surface area (Å²) in [5.41, 5.74) is 0.191. The Bertz CT molecular complexity index is 1120. The van der Waals surface area contributed by atoms with Gasteiger partial charge < -0.3 is 15.2 Å². The molecular weight excluding hydrogens is 373 g/mol. The predicted octanol–water partition coefficient (Wildman–Crippen LogP) is 2.76. The van der Waals surface area contributed by atoms with Crippen molar-refractivity contribution in [3.8, 4) is 0 Å². The molecule has 1 fully saturated rings. The lowest BCUT2D eigenvalue weighted by atomic mass is 10.0. The Labute approximate surface area is 166 Å². The smallest absolute Gasteiger partial charge is 0.261 e. The highest BCUT2D eigenvalue weighted by molar-refractivity contribution is 6.00. The molecule has 4 rings (SSSR count). The van der Waals surface area contributed by atoms with Gasteiger partial charge in [-0.15, -0.1) is 0 Å². The molecule has 0 aliphatic carbocycles. The van der Waals surface area contributed by atoms with Crippen molar-refractivity contribution in [2.75, 3.05) is 13.1 Å². The average molecular weight is 393 g/mol. The normalized spacial score (nSPS) is 14.7. The van der Waals surface area contributed by atoms with Crippen LogP contribution in [0.1, 0.15) is 34.8 Å². The number of aromatic nitrogens is 1. The summed E-state index contributed by atoms with van der Waals surface area (Å²) in [5.74, 6) is -1.33. The summed E-state index contributed by atoms with van der Waals surface area (Å²) in [6.07, 6.45) is 1.87. The maximum absolute atomic E-state index is 13.4. The van der Waals surface area contributed by atoms with E-state index in [2.05, 4.69) is 10.3 Å². The molecule has 2 heterocycles. The molecule has 148 valence electrons. The van der Waals surface area contributed by atoms with E-state index in [0.717, 1.165) is 12.8 Å². The number of rotatable bonds is 4. The van der Waals surface area contributed by atoms with Crippen molar-refractivity contribution in [3.63, 3.8) is 0 Å². The fourth-order valence-corrected chi connectivity index (χ4v) is 3.60. The molecule has 6 nitrogen and oxygen atoms in total. The Kier molecular flexibility index (Phi) is 5.12. The zero-order chi connectivity index (χ0) is 20.4. The summed E-state index contributed by atoms with van der Waals surface area (Å²) in [4.78, 5) is 42.6. The Hall–Kier alpha value is -3.48. The van der Waals surface area contributed by atoms with Gasteiger partial charge in [0.2, 0.25) is 5.91 Å². The lowest BCUT2D eigenvalue weighted by molar-refractivity contribution is -0.132. The first-order valence-corrected chi connectivity index (χ1v) is 9.50. The number of nitrogens with one attached hydrogen (secondary N) is 2. The van der Waals surface area contributed by atoms with Crippen LogP contribution in [0.5, 0.6) is 0 Å². The molecule has 1 aromatic heterocycles. The highest BCUT2D eigenvalue weighted by Gasteiger charge is 2.30. The highest BCUT2D eigenvalue weighted by Crippen LogP contribution is 2.20. The van der Waals surface area contributed by atoms with E-state index in [9.17, 15) is 18.8 Å². The second-order valence-electron chi connectivity index (χ2n) is 7.09. The third-order valence-electron chi connectivity index (χ3n) is 5.13. The lowest BCUT2D eigenvalue weighted by Gasteiger charge is -2.24. The standard InChI is InChI=1S/C22H20FN3O3/c23-16-9-8-15-12-17(20(27)24-18(15)13-16)21(28)25-19(14-6-2-1-3-7-14)22(29)26-10-4-5-11-26/h1-3,6-9,12-13,19H,4-5,10-11H2,(H,24,27)(H,25,28). The first-order valence-electron chi connectivity index (χ1n) is 9.50. The minimum absolute atomic E-state index is 0.126. The minimum Gasteiger partial charge on any atom is -0.341 e. The van der Waals surface area contributed by atoms with Gasteiger partial charge in [-0.05, 0) is 48.1 Å². The summed E-state index contributed by atoms with van der Waals surface area (Å²) in [6.45, 7) is 1.31. The van der Waals surface area contributed by atoms with E-state index in [1.165, 1.54) is 24.3 Å². The molecule has 0 radical (unpaired) electrons. The largest absolute Gasteiger partial charge is 0.341 e. The van der Waals surface area contributed by atoms with Crippen LogP contribution in [0.4, 0.5) is 4.39 Å². The summed E-state index contributed by atoms with van der Waals surface area (Å²) >= 11 is 0. The van der Waals surface area contributed by atoms with E-state index in [1.54, 1.807) is 29.2 Å². The van der Waals surface area contributed by atoms with E-state index in [-0.39, 0.29) is 11.5 Å². The number of hydrogen-bond donors (Lipinski definition) is 2. The quantitative estimate of drug-likeness (QED) is 0.715. The summed E-state index contributed by atoms with van der Waals surface area (Å²) < 4.78 is 13.4. The van der Waals surface area contributed by atoms with Crippen LogP contribution >= 0.6 is 0 Å². The van der Waals surface area contributed by atoms with Gasteiger partial charge in [0.05, 0.1) is 5.52 Å². The van der Waals surface area contributed by atoms with Crippen LogP contribution in [0.15, 0.2) is 59.4 Å². The number of carbonyl (C=O) groups is 2. The second-order valence-corrected chi connectivity index (χ2v) is 7.09. The van der Waals surface area contributed by atoms with Gasteiger partial charge in [-0.1, -0.05) is 30.3 Å². The Morgan fingerprint density at radius 2 is 1.76 bits per heavy atom. The number of benzene rings is 2. The molecule has 1 saturated heterocycles. The van der Waals surface area contributed by atoms with Crippen LogP contribution in [0.2, 0.25) is 0 Å². The summed E-state index contributed by atoms with van der Waals surface area (Å²) in [5, 5.41) is 3.25. The molecule has 1 unspecified atom stereocenters. The van der Waals surface area contributed by atoms with Gasteiger partial charge in [-0.2, -0.15) is 0 Å². The van der Waals surface area contributed by atoms with Crippen molar-refractivity contribution in [1.82, 2.24) is 15.2 Å². The maximum atomic E-state index is 13.4. The van der Waals surface area contributed by atoms with Gasteiger partial charge in [0.15, 0.2) is 0 Å². The number of amides is 2. The van der Waals surface area contributed by atoms with E-state index >= 15 is 0 Å². The van der Waals surface area contributed by atoms with E-state index in [4.69, 9.17) is 0 Å². The highest BCUT2D eigenvalue weighted by atomic mass is 19.1. The number of pyridine rings is 1. The molecule has 2 amide bonds. The zero-order valence-corrected chi connectivity index (χ0v) is 15.7. The van der Waals surface area contributed by atoms with E-state index < -0.39 is 23.3 Å². The summed E-state index contributed by atoms with van der Waals surface area (Å²) in [7, 11) is 0. The molecule has 3 aromatic rings. The molecule has 1 aliphatic heterocycles. The van der Waals surface area contributed by atoms with E-state index in [1.807, 2.05) is 6.07 Å². The van der Waals surface area contributed by atoms with Crippen LogP contribution < -0.4 is 10.9 Å². The number of aromatic amines is 1. The molecule has 1 aliphatic rings. The van der Waals surface area contributed by atoms with Crippen molar-refractivity contribution >= 4 is 22.7 Å². The van der Waals surface area contributed by atoms with Crippen LogP contribution in [-0.2, 0) is 4.79 Å². The van der Waals surface area contributed by atoms with Crippen LogP contribution in [-0.4, -0.2) is 34.8 Å². The molecule has 0 bridgehead atoms. The molecule has 2 N–H and O–H groups in total. The molecular formula is C22H20FN3O3. The van der Waals surface area contributed by atoms with Crippen LogP contribution in [0.25, 0.3) is 10.9 Å². The van der Waals surface area contributed by atoms with Gasteiger partial charge in [-0.25, -0.2) is 4.39 Å². The van der Waals surface area contributed by atoms with E-state index in [0.29, 0.717) is 29.6 Å². The first-order chi connectivity index (χ1) is 14.0. The Morgan fingerprint density at radius 1 is 1.03 bits per heavy atom. The molecule has 0 spiro atoms. The molecule has 1 atom stereocenters. The number of nitrogens with zero attached hydrogens (tertiary/aromatic N) is 1. The summed E-state index contributed by atoms with van der Waals surface area (Å²) in [6, 6.07) is 13.4. The number of halogens is 1. The molecule has 7 heteroatoms. The van der Waals surface area contributed by atoms with Crippen molar-refractivity contribution < 1.29 is 14.0 Å². The van der Waals surface area contributed by atoms with Gasteiger partial charge in [-0.3, -0.25) is 14.4 Å². The third kappa shape index (κ3) is 3.89. The first kappa shape index (κ1) is 18.9. The number of likely N-dealkylation sites (tertiary alicyclic amines) is 1. The third-order valence-corrected chi connectivity index (χ3v) is 5.13. The van der Waals surface area contributed by atoms with Crippen molar-refractivity contribution in [1.29, 1.82) is 0 Å². The Morgan fingerprint density at radius 3 is 2.48 bits per heavy atom. The van der Waals surface area contributed by atoms with Gasteiger partial charge in [0, 0.05) is 13.1 Å². The lowest BCUT2D eigenvalue weighted by Crippen LogP contribution is -2.42. The predicted molar refractivity (Wildman–Crippen MR) is 107 cm³/mol. The van der Waals surface area contributed by atoms with Gasteiger partial charge >= 0.3 is 0 Å². The maximum Gasteiger partial charge on any atom is 0.261 e. The SMILES string of the molecule is O=C(NC(C(=O)N1CCCC1)c1ccccc1)c1cc2ccc(F)cc2[nH]c1=O. The fraction of sp³-hybridized carbons (Fsp3) is 0.227. The monoisotopic (exact) mass is 393 g/mol. The Balaban J connectivity index is 1.67. The number of carbonyl (C=O) groups excluding carboxylic acids is 2. The zero-order valence-electron chi connectivity index (χ0n) is 15.7. The molecule has 0 saturated carbocycles. The van der Waals surface area contributed by atoms with Crippen molar-refractivity contribution in [3.05, 3.63) is 81.9 Å². The second kappa shape index (κ2) is 7.87. The van der Waals surface area contributed by atoms with Crippen molar-refractivity contribution in [2.45, 2.75) is 18.9 Å². The van der Waals surface area contributed by atoms with Crippen LogP contribution in [0.3, 0.4) is 0 Å². The van der Waals surface area contributed by atoms with Gasteiger partial charge in [0.1, 0.15) is 17.4 Å².